The Hall–Kier alpha value is -1.72. The zero-order chi connectivity index (χ0) is 12.4. The molecular weight excluding hydrogens is 220 g/mol. The van der Waals surface area contributed by atoms with Gasteiger partial charge in [0, 0.05) is 23.1 Å². The van der Waals surface area contributed by atoms with Gasteiger partial charge in [-0.2, -0.15) is 0 Å². The third kappa shape index (κ3) is 2.27. The molecular formula is C16H18N2. The molecule has 1 saturated carbocycles. The molecule has 2 aromatic rings. The first kappa shape index (κ1) is 11.4. The number of terminal acetylenes is 1. The zero-order valence-corrected chi connectivity index (χ0v) is 10.5. The summed E-state index contributed by atoms with van der Waals surface area (Å²) in [5, 5.41) is 4.90. The van der Waals surface area contributed by atoms with Crippen molar-refractivity contribution in [3.63, 3.8) is 0 Å². The van der Waals surface area contributed by atoms with Gasteiger partial charge in [-0.05, 0) is 37.4 Å². The molecule has 0 radical (unpaired) electrons. The lowest BCUT2D eigenvalue weighted by Crippen LogP contribution is -2.19. The summed E-state index contributed by atoms with van der Waals surface area (Å²) in [6.45, 7) is 1.71. The summed E-state index contributed by atoms with van der Waals surface area (Å²) in [5.41, 5.74) is 2.64. The van der Waals surface area contributed by atoms with Crippen molar-refractivity contribution in [1.29, 1.82) is 0 Å². The highest BCUT2D eigenvalue weighted by atomic mass is 15.0. The molecule has 1 aromatic heterocycles. The summed E-state index contributed by atoms with van der Waals surface area (Å²) in [6, 6.07) is 9.28. The van der Waals surface area contributed by atoms with Crippen LogP contribution in [0, 0.1) is 12.3 Å². The number of para-hydroxylation sites is 1. The fourth-order valence-electron chi connectivity index (χ4n) is 2.45. The van der Waals surface area contributed by atoms with E-state index in [2.05, 4.69) is 46.3 Å². The van der Waals surface area contributed by atoms with Gasteiger partial charge in [0.05, 0.1) is 6.54 Å². The summed E-state index contributed by atoms with van der Waals surface area (Å²) in [4.78, 5) is 0. The lowest BCUT2D eigenvalue weighted by molar-refractivity contribution is 0.682. The highest BCUT2D eigenvalue weighted by molar-refractivity contribution is 5.84. The molecule has 0 unspecified atom stereocenters. The quantitative estimate of drug-likeness (QED) is 0.792. The summed E-state index contributed by atoms with van der Waals surface area (Å²) in [7, 11) is 0. The first-order valence-electron chi connectivity index (χ1n) is 6.62. The Bertz CT molecular complexity index is 585. The van der Waals surface area contributed by atoms with Crippen LogP contribution in [0.4, 0.5) is 0 Å². The maximum absolute atomic E-state index is 5.43. The van der Waals surface area contributed by atoms with Crippen LogP contribution in [0.3, 0.4) is 0 Å². The van der Waals surface area contributed by atoms with Crippen molar-refractivity contribution in [3.8, 4) is 12.3 Å². The minimum atomic E-state index is 0.649. The van der Waals surface area contributed by atoms with Crippen LogP contribution in [-0.4, -0.2) is 17.2 Å². The van der Waals surface area contributed by atoms with Crippen molar-refractivity contribution in [1.82, 2.24) is 9.88 Å². The van der Waals surface area contributed by atoms with Gasteiger partial charge in [-0.1, -0.05) is 24.1 Å². The van der Waals surface area contributed by atoms with Gasteiger partial charge in [0.1, 0.15) is 0 Å². The summed E-state index contributed by atoms with van der Waals surface area (Å²) < 4.78 is 2.17. The van der Waals surface area contributed by atoms with E-state index in [1.807, 2.05) is 0 Å². The van der Waals surface area contributed by atoms with E-state index in [0.717, 1.165) is 19.0 Å². The van der Waals surface area contributed by atoms with E-state index in [0.29, 0.717) is 6.54 Å². The molecule has 2 heteroatoms. The van der Waals surface area contributed by atoms with Gasteiger partial charge in [-0.3, -0.25) is 0 Å². The molecule has 0 bridgehead atoms. The fourth-order valence-corrected chi connectivity index (χ4v) is 2.45. The number of rotatable bonds is 5. The highest BCUT2D eigenvalue weighted by Gasteiger charge is 2.19. The number of nitrogens with one attached hydrogen (secondary N) is 1. The minimum Gasteiger partial charge on any atom is -0.336 e. The third-order valence-electron chi connectivity index (χ3n) is 3.54. The second-order valence-electron chi connectivity index (χ2n) is 4.98. The van der Waals surface area contributed by atoms with Gasteiger partial charge >= 0.3 is 0 Å². The second-order valence-corrected chi connectivity index (χ2v) is 4.98. The lowest BCUT2D eigenvalue weighted by atomic mass is 10.1. The SMILES string of the molecule is C#CCn1cc(CCNC2CC2)c2ccccc21. The molecule has 1 aromatic carbocycles. The minimum absolute atomic E-state index is 0.649. The number of hydrogen-bond acceptors (Lipinski definition) is 1. The van der Waals surface area contributed by atoms with E-state index in [4.69, 9.17) is 6.42 Å². The largest absolute Gasteiger partial charge is 0.336 e. The molecule has 0 atom stereocenters. The molecule has 1 fully saturated rings. The van der Waals surface area contributed by atoms with Crippen LogP contribution in [-0.2, 0) is 13.0 Å². The van der Waals surface area contributed by atoms with E-state index in [9.17, 15) is 0 Å². The zero-order valence-electron chi connectivity index (χ0n) is 10.5. The molecule has 0 spiro atoms. The summed E-state index contributed by atoms with van der Waals surface area (Å²) in [5.74, 6) is 2.72. The standard InChI is InChI=1S/C16H18N2/c1-2-11-18-12-13(9-10-17-14-7-8-14)15-5-3-4-6-16(15)18/h1,3-6,12,14,17H,7-11H2. The smallest absolute Gasteiger partial charge is 0.0835 e. The predicted molar refractivity (Wildman–Crippen MR) is 75.5 cm³/mol. The number of nitrogens with zero attached hydrogens (tertiary/aromatic N) is 1. The third-order valence-corrected chi connectivity index (χ3v) is 3.54. The van der Waals surface area contributed by atoms with Crippen LogP contribution < -0.4 is 5.32 Å². The number of aromatic nitrogens is 1. The van der Waals surface area contributed by atoms with Crippen LogP contribution in [0.25, 0.3) is 10.9 Å². The van der Waals surface area contributed by atoms with E-state index >= 15 is 0 Å². The lowest BCUT2D eigenvalue weighted by Gasteiger charge is -2.01. The van der Waals surface area contributed by atoms with E-state index in [1.165, 1.54) is 29.3 Å². The molecule has 1 aliphatic carbocycles. The van der Waals surface area contributed by atoms with Crippen LogP contribution in [0.5, 0.6) is 0 Å². The van der Waals surface area contributed by atoms with Crippen LogP contribution >= 0.6 is 0 Å². The fraction of sp³-hybridized carbons (Fsp3) is 0.375. The van der Waals surface area contributed by atoms with Crippen molar-refractivity contribution in [2.24, 2.45) is 0 Å². The maximum atomic E-state index is 5.43. The van der Waals surface area contributed by atoms with E-state index in [1.54, 1.807) is 0 Å². The topological polar surface area (TPSA) is 17.0 Å². The van der Waals surface area contributed by atoms with Gasteiger partial charge in [-0.15, -0.1) is 6.42 Å². The molecule has 1 heterocycles. The Morgan fingerprint density at radius 3 is 2.94 bits per heavy atom. The molecule has 0 saturated heterocycles. The Labute approximate surface area is 108 Å². The number of fused-ring (bicyclic) bond motifs is 1. The van der Waals surface area contributed by atoms with Crippen molar-refractivity contribution in [3.05, 3.63) is 36.0 Å². The first-order valence-corrected chi connectivity index (χ1v) is 6.62. The second kappa shape index (κ2) is 4.88. The highest BCUT2D eigenvalue weighted by Crippen LogP contribution is 2.22. The van der Waals surface area contributed by atoms with Gasteiger partial charge in [0.2, 0.25) is 0 Å². The summed E-state index contributed by atoms with van der Waals surface area (Å²) in [6.07, 6.45) is 11.4. The average Bonchev–Trinajstić information content (AvgIpc) is 3.15. The average molecular weight is 238 g/mol. The van der Waals surface area contributed by atoms with Crippen molar-refractivity contribution in [2.45, 2.75) is 31.8 Å². The molecule has 1 N–H and O–H groups in total. The normalized spacial score (nSPS) is 14.8. The van der Waals surface area contributed by atoms with Crippen LogP contribution in [0.2, 0.25) is 0 Å². The Morgan fingerprint density at radius 1 is 1.33 bits per heavy atom. The van der Waals surface area contributed by atoms with E-state index < -0.39 is 0 Å². The molecule has 2 nitrogen and oxygen atoms in total. The molecule has 1 aliphatic rings. The maximum Gasteiger partial charge on any atom is 0.0835 e. The van der Waals surface area contributed by atoms with Crippen molar-refractivity contribution in [2.75, 3.05) is 6.54 Å². The first-order chi connectivity index (χ1) is 8.88. The van der Waals surface area contributed by atoms with E-state index in [-0.39, 0.29) is 0 Å². The van der Waals surface area contributed by atoms with Gasteiger partial charge in [0.25, 0.3) is 0 Å². The van der Waals surface area contributed by atoms with Gasteiger partial charge in [0.15, 0.2) is 0 Å². The van der Waals surface area contributed by atoms with Crippen molar-refractivity contribution < 1.29 is 0 Å². The molecule has 0 aliphatic heterocycles. The molecule has 3 rings (SSSR count). The molecule has 92 valence electrons. The summed E-state index contributed by atoms with van der Waals surface area (Å²) >= 11 is 0. The monoisotopic (exact) mass is 238 g/mol. The Kier molecular flexibility index (Phi) is 3.08. The number of hydrogen-bond donors (Lipinski definition) is 1. The van der Waals surface area contributed by atoms with Gasteiger partial charge < -0.3 is 9.88 Å². The van der Waals surface area contributed by atoms with Gasteiger partial charge in [-0.25, -0.2) is 0 Å². The Balaban J connectivity index is 1.83. The number of benzene rings is 1. The molecule has 0 amide bonds. The van der Waals surface area contributed by atoms with Crippen LogP contribution in [0.15, 0.2) is 30.5 Å². The van der Waals surface area contributed by atoms with Crippen LogP contribution in [0.1, 0.15) is 18.4 Å². The Morgan fingerprint density at radius 2 is 2.17 bits per heavy atom. The molecule has 18 heavy (non-hydrogen) atoms. The van der Waals surface area contributed by atoms with Crippen molar-refractivity contribution >= 4 is 10.9 Å². The predicted octanol–water partition coefficient (Wildman–Crippen LogP) is 2.57.